The number of hydrogen-bond donors (Lipinski definition) is 0. The monoisotopic (exact) mass is 244 g/mol. The molecule has 96 valence electrons. The molecule has 3 rings (SSSR count). The number of ketones is 2. The van der Waals surface area contributed by atoms with E-state index in [-0.39, 0.29) is 28.8 Å². The molecule has 0 aromatic heterocycles. The smallest absolute Gasteiger partial charge is 0.159 e. The Balaban J connectivity index is 1.99. The van der Waals surface area contributed by atoms with E-state index in [1.54, 1.807) is 0 Å². The number of fused-ring (bicyclic) bond motifs is 1. The summed E-state index contributed by atoms with van der Waals surface area (Å²) in [5.41, 5.74) is 3.18. The van der Waals surface area contributed by atoms with E-state index >= 15 is 0 Å². The number of rotatable bonds is 0. The Morgan fingerprint density at radius 2 is 1.67 bits per heavy atom. The Morgan fingerprint density at radius 1 is 1.06 bits per heavy atom. The van der Waals surface area contributed by atoms with Gasteiger partial charge in [0.15, 0.2) is 11.6 Å². The van der Waals surface area contributed by atoms with Crippen molar-refractivity contribution in [1.29, 1.82) is 0 Å². The zero-order chi connectivity index (χ0) is 12.9. The summed E-state index contributed by atoms with van der Waals surface area (Å²) in [4.78, 5) is 23.9. The van der Waals surface area contributed by atoms with Crippen molar-refractivity contribution in [2.45, 2.75) is 46.0 Å². The minimum atomic E-state index is -0.0707. The summed E-state index contributed by atoms with van der Waals surface area (Å²) >= 11 is 0. The minimum Gasteiger partial charge on any atom is -0.295 e. The highest BCUT2D eigenvalue weighted by atomic mass is 16.1. The van der Waals surface area contributed by atoms with Crippen LogP contribution in [-0.4, -0.2) is 11.6 Å². The van der Waals surface area contributed by atoms with E-state index < -0.39 is 0 Å². The maximum absolute atomic E-state index is 12.0. The number of allylic oxidation sites excluding steroid dienone is 4. The molecule has 3 aliphatic carbocycles. The van der Waals surface area contributed by atoms with E-state index in [2.05, 4.69) is 13.8 Å². The predicted octanol–water partition coefficient (Wildman–Crippen LogP) is 3.23. The van der Waals surface area contributed by atoms with Gasteiger partial charge in [0.2, 0.25) is 0 Å². The lowest BCUT2D eigenvalue weighted by atomic mass is 9.61. The molecule has 0 spiro atoms. The third-order valence-corrected chi connectivity index (χ3v) is 5.04. The van der Waals surface area contributed by atoms with Crippen LogP contribution >= 0.6 is 0 Å². The van der Waals surface area contributed by atoms with Crippen molar-refractivity contribution in [2.75, 3.05) is 0 Å². The van der Waals surface area contributed by atoms with Crippen molar-refractivity contribution in [3.05, 3.63) is 23.3 Å². The van der Waals surface area contributed by atoms with Crippen LogP contribution in [0.5, 0.6) is 0 Å². The zero-order valence-corrected chi connectivity index (χ0v) is 11.2. The molecule has 0 N–H and O–H groups in total. The maximum Gasteiger partial charge on any atom is 0.159 e. The second kappa shape index (κ2) is 3.91. The normalized spacial score (nSPS) is 34.3. The molecule has 0 radical (unpaired) electrons. The molecule has 0 heterocycles. The lowest BCUT2D eigenvalue weighted by Crippen LogP contribution is -2.38. The summed E-state index contributed by atoms with van der Waals surface area (Å²) in [5.74, 6) is 0.191. The van der Waals surface area contributed by atoms with Gasteiger partial charge in [-0.15, -0.1) is 0 Å². The topological polar surface area (TPSA) is 34.1 Å². The standard InChI is InChI=1S/C16H20O2/c1-16(2)7-3-4-10-8-11-12(9-13(10)16)15(18)6-5-14(11)17/h5-6,11-12H,3-4,7-9H2,1-2H3. The van der Waals surface area contributed by atoms with Gasteiger partial charge in [-0.25, -0.2) is 0 Å². The summed E-state index contributed by atoms with van der Waals surface area (Å²) in [6.45, 7) is 4.57. The van der Waals surface area contributed by atoms with Crippen molar-refractivity contribution in [2.24, 2.45) is 17.3 Å². The highest BCUT2D eigenvalue weighted by Crippen LogP contribution is 2.50. The van der Waals surface area contributed by atoms with Crippen molar-refractivity contribution in [3.8, 4) is 0 Å². The van der Waals surface area contributed by atoms with Crippen LogP contribution in [0.1, 0.15) is 46.0 Å². The summed E-state index contributed by atoms with van der Waals surface area (Å²) in [7, 11) is 0. The first-order valence-corrected chi connectivity index (χ1v) is 6.96. The molecule has 0 amide bonds. The van der Waals surface area contributed by atoms with Crippen LogP contribution in [0.4, 0.5) is 0 Å². The predicted molar refractivity (Wildman–Crippen MR) is 70.0 cm³/mol. The molecule has 0 aliphatic heterocycles. The second-order valence-corrected chi connectivity index (χ2v) is 6.58. The van der Waals surface area contributed by atoms with Gasteiger partial charge in [0.1, 0.15) is 0 Å². The van der Waals surface area contributed by atoms with E-state index in [4.69, 9.17) is 0 Å². The van der Waals surface area contributed by atoms with Crippen LogP contribution in [0.2, 0.25) is 0 Å². The van der Waals surface area contributed by atoms with Gasteiger partial charge in [-0.1, -0.05) is 25.0 Å². The van der Waals surface area contributed by atoms with Gasteiger partial charge in [-0.05, 0) is 49.7 Å². The average molecular weight is 244 g/mol. The first kappa shape index (κ1) is 11.9. The molecule has 0 fully saturated rings. The molecular formula is C16H20O2. The Hall–Kier alpha value is -1.18. The van der Waals surface area contributed by atoms with Gasteiger partial charge in [0.05, 0.1) is 0 Å². The SMILES string of the molecule is CC1(C)CCCC2=C1CC1C(=O)C=CC(=O)C1C2. The fourth-order valence-corrected chi connectivity index (χ4v) is 3.95. The van der Waals surface area contributed by atoms with E-state index in [0.717, 1.165) is 19.3 Å². The van der Waals surface area contributed by atoms with Gasteiger partial charge in [0, 0.05) is 11.8 Å². The average Bonchev–Trinajstić information content (AvgIpc) is 2.33. The highest BCUT2D eigenvalue weighted by Gasteiger charge is 2.43. The maximum atomic E-state index is 12.0. The molecule has 2 unspecified atom stereocenters. The van der Waals surface area contributed by atoms with Crippen LogP contribution in [0.25, 0.3) is 0 Å². The molecule has 0 aromatic carbocycles. The fourth-order valence-electron chi connectivity index (χ4n) is 3.95. The summed E-state index contributed by atoms with van der Waals surface area (Å²) in [6, 6.07) is 0. The van der Waals surface area contributed by atoms with Gasteiger partial charge in [-0.2, -0.15) is 0 Å². The molecule has 2 heteroatoms. The second-order valence-electron chi connectivity index (χ2n) is 6.58. The third-order valence-electron chi connectivity index (χ3n) is 5.04. The van der Waals surface area contributed by atoms with Crippen molar-refractivity contribution < 1.29 is 9.59 Å². The van der Waals surface area contributed by atoms with Crippen LogP contribution in [0, 0.1) is 17.3 Å². The van der Waals surface area contributed by atoms with Crippen LogP contribution in [0.3, 0.4) is 0 Å². The highest BCUT2D eigenvalue weighted by molar-refractivity contribution is 6.07. The van der Waals surface area contributed by atoms with E-state index in [1.807, 2.05) is 0 Å². The van der Waals surface area contributed by atoms with Gasteiger partial charge in [-0.3, -0.25) is 9.59 Å². The largest absolute Gasteiger partial charge is 0.295 e. The molecule has 0 bridgehead atoms. The first-order valence-electron chi connectivity index (χ1n) is 6.96. The van der Waals surface area contributed by atoms with E-state index in [9.17, 15) is 9.59 Å². The lowest BCUT2D eigenvalue weighted by molar-refractivity contribution is -0.129. The van der Waals surface area contributed by atoms with Crippen molar-refractivity contribution >= 4 is 11.6 Å². The summed E-state index contributed by atoms with van der Waals surface area (Å²) < 4.78 is 0. The van der Waals surface area contributed by atoms with Gasteiger partial charge < -0.3 is 0 Å². The molecule has 2 nitrogen and oxygen atoms in total. The molecular weight excluding hydrogens is 224 g/mol. The van der Waals surface area contributed by atoms with E-state index in [0.29, 0.717) is 0 Å². The lowest BCUT2D eigenvalue weighted by Gasteiger charge is -2.43. The quantitative estimate of drug-likeness (QED) is 0.613. The van der Waals surface area contributed by atoms with Crippen molar-refractivity contribution in [1.82, 2.24) is 0 Å². The Labute approximate surface area is 108 Å². The van der Waals surface area contributed by atoms with E-state index in [1.165, 1.54) is 36.1 Å². The molecule has 3 aliphatic rings. The molecule has 0 saturated heterocycles. The van der Waals surface area contributed by atoms with Gasteiger partial charge >= 0.3 is 0 Å². The summed E-state index contributed by atoms with van der Waals surface area (Å²) in [5, 5.41) is 0. The number of carbonyl (C=O) groups excluding carboxylic acids is 2. The fraction of sp³-hybridized carbons (Fsp3) is 0.625. The minimum absolute atomic E-state index is 0.0600. The van der Waals surface area contributed by atoms with Gasteiger partial charge in [0.25, 0.3) is 0 Å². The molecule has 2 atom stereocenters. The summed E-state index contributed by atoms with van der Waals surface area (Å²) in [6.07, 6.45) is 8.20. The Morgan fingerprint density at radius 3 is 2.33 bits per heavy atom. The molecule has 0 aromatic rings. The number of carbonyl (C=O) groups is 2. The third kappa shape index (κ3) is 1.70. The Bertz CT molecular complexity index is 479. The number of hydrogen-bond acceptors (Lipinski definition) is 2. The Kier molecular flexibility index (Phi) is 2.58. The van der Waals surface area contributed by atoms with Crippen LogP contribution in [0.15, 0.2) is 23.3 Å². The van der Waals surface area contributed by atoms with Crippen molar-refractivity contribution in [3.63, 3.8) is 0 Å². The molecule has 0 saturated carbocycles. The van der Waals surface area contributed by atoms with Crippen LogP contribution in [-0.2, 0) is 9.59 Å². The van der Waals surface area contributed by atoms with Crippen LogP contribution < -0.4 is 0 Å². The molecule has 18 heavy (non-hydrogen) atoms. The zero-order valence-electron chi connectivity index (χ0n) is 11.2. The first-order chi connectivity index (χ1) is 8.49.